The molecule has 0 aromatic carbocycles. The Hall–Kier alpha value is -0.830. The molecule has 1 aliphatic heterocycles. The Kier molecular flexibility index (Phi) is 38.6. The van der Waals surface area contributed by atoms with Crippen LogP contribution in [-0.2, 0) is 19.1 Å². The molecular weight excluding hydrogens is 729 g/mol. The SMILES string of the molecule is CCCCCCCCC(CCCCCC)C(=O)OCCCCCCN(CCN1CCCC1)CC(O)CSCCOC(=O)C(CCCCCC)CCCCCCCC. The van der Waals surface area contributed by atoms with Gasteiger partial charge in [-0.2, -0.15) is 11.8 Å². The number of ether oxygens (including phenoxy) is 2. The first kappa shape index (κ1) is 54.2. The lowest BCUT2D eigenvalue weighted by molar-refractivity contribution is -0.149. The zero-order chi connectivity index (χ0) is 41.4. The Balaban J connectivity index is 2.41. The van der Waals surface area contributed by atoms with Crippen molar-refractivity contribution in [1.29, 1.82) is 0 Å². The molecule has 0 bridgehead atoms. The molecule has 1 rings (SSSR count). The number of aliphatic hydroxyl groups is 1. The minimum absolute atomic E-state index is 0.00190. The molecule has 0 amide bonds. The van der Waals surface area contributed by atoms with E-state index in [0.717, 1.165) is 102 Å². The van der Waals surface area contributed by atoms with Gasteiger partial charge in [-0.15, -0.1) is 0 Å². The van der Waals surface area contributed by atoms with Crippen molar-refractivity contribution in [3.63, 3.8) is 0 Å². The highest BCUT2D eigenvalue weighted by Crippen LogP contribution is 2.22. The van der Waals surface area contributed by atoms with Crippen molar-refractivity contribution in [2.45, 2.75) is 226 Å². The van der Waals surface area contributed by atoms with E-state index in [1.54, 1.807) is 11.8 Å². The van der Waals surface area contributed by atoms with Crippen molar-refractivity contribution in [2.24, 2.45) is 11.8 Å². The van der Waals surface area contributed by atoms with Gasteiger partial charge in [0.25, 0.3) is 0 Å². The van der Waals surface area contributed by atoms with Gasteiger partial charge in [0.1, 0.15) is 6.61 Å². The zero-order valence-electron chi connectivity index (χ0n) is 38.4. The summed E-state index contributed by atoms with van der Waals surface area (Å²) in [6.07, 6.45) is 35.0. The third-order valence-electron chi connectivity index (χ3n) is 12.1. The summed E-state index contributed by atoms with van der Waals surface area (Å²) in [5, 5.41) is 11.0. The predicted molar refractivity (Wildman–Crippen MR) is 246 cm³/mol. The van der Waals surface area contributed by atoms with E-state index < -0.39 is 6.10 Å². The van der Waals surface area contributed by atoms with Gasteiger partial charge in [-0.25, -0.2) is 0 Å². The third-order valence-corrected chi connectivity index (χ3v) is 13.2. The minimum atomic E-state index is -0.394. The molecule has 3 unspecified atom stereocenters. The fourth-order valence-electron chi connectivity index (χ4n) is 8.29. The average Bonchev–Trinajstić information content (AvgIpc) is 3.74. The lowest BCUT2D eigenvalue weighted by atomic mass is 9.94. The number of hydrogen-bond donors (Lipinski definition) is 1. The first-order valence-corrected chi connectivity index (χ1v) is 26.1. The van der Waals surface area contributed by atoms with Gasteiger partial charge in [-0.1, -0.05) is 169 Å². The van der Waals surface area contributed by atoms with E-state index in [1.807, 2.05) is 0 Å². The van der Waals surface area contributed by atoms with E-state index in [0.29, 0.717) is 25.5 Å². The lowest BCUT2D eigenvalue weighted by Crippen LogP contribution is -2.39. The van der Waals surface area contributed by atoms with Gasteiger partial charge >= 0.3 is 11.9 Å². The normalized spacial score (nSPS) is 15.0. The zero-order valence-corrected chi connectivity index (χ0v) is 39.2. The van der Waals surface area contributed by atoms with E-state index in [9.17, 15) is 14.7 Å². The highest BCUT2D eigenvalue weighted by Gasteiger charge is 2.21. The van der Waals surface area contributed by atoms with E-state index >= 15 is 0 Å². The van der Waals surface area contributed by atoms with Crippen LogP contribution >= 0.6 is 11.8 Å². The Labute approximate surface area is 358 Å². The van der Waals surface area contributed by atoms with Crippen LogP contribution in [0.5, 0.6) is 0 Å². The van der Waals surface area contributed by atoms with Crippen LogP contribution in [0.15, 0.2) is 0 Å². The third kappa shape index (κ3) is 32.6. The van der Waals surface area contributed by atoms with Gasteiger partial charge in [-0.05, 0) is 71.0 Å². The van der Waals surface area contributed by atoms with E-state index in [4.69, 9.17) is 9.47 Å². The van der Waals surface area contributed by atoms with Crippen molar-refractivity contribution >= 4 is 23.7 Å². The maximum Gasteiger partial charge on any atom is 0.308 e. The largest absolute Gasteiger partial charge is 0.465 e. The average molecular weight is 825 g/mol. The summed E-state index contributed by atoms with van der Waals surface area (Å²) in [5.41, 5.74) is 0. The molecule has 338 valence electrons. The molecule has 0 spiro atoms. The van der Waals surface area contributed by atoms with E-state index in [-0.39, 0.29) is 23.8 Å². The number of likely N-dealkylation sites (tertiary alicyclic amines) is 1. The van der Waals surface area contributed by atoms with Crippen LogP contribution in [0.3, 0.4) is 0 Å². The quantitative estimate of drug-likeness (QED) is 0.0481. The fraction of sp³-hybridized carbons (Fsp3) is 0.959. The van der Waals surface area contributed by atoms with Gasteiger partial charge in [-0.3, -0.25) is 14.5 Å². The number of thioether (sulfide) groups is 1. The number of carbonyl (C=O) groups excluding carboxylic acids is 2. The molecular formula is C49H96N2O5S. The molecule has 1 heterocycles. The van der Waals surface area contributed by atoms with Crippen molar-refractivity contribution < 1.29 is 24.2 Å². The van der Waals surface area contributed by atoms with Gasteiger partial charge in [0, 0.05) is 31.1 Å². The van der Waals surface area contributed by atoms with Crippen LogP contribution in [0, 0.1) is 11.8 Å². The van der Waals surface area contributed by atoms with Crippen molar-refractivity contribution in [2.75, 3.05) is 64.0 Å². The Morgan fingerprint density at radius 1 is 0.561 bits per heavy atom. The Morgan fingerprint density at radius 3 is 1.49 bits per heavy atom. The molecule has 0 aromatic heterocycles. The summed E-state index contributed by atoms with van der Waals surface area (Å²) in [6.45, 7) is 16.1. The summed E-state index contributed by atoms with van der Waals surface area (Å²) in [4.78, 5) is 31.1. The topological polar surface area (TPSA) is 79.3 Å². The summed E-state index contributed by atoms with van der Waals surface area (Å²) in [6, 6.07) is 0. The van der Waals surface area contributed by atoms with Crippen LogP contribution < -0.4 is 0 Å². The van der Waals surface area contributed by atoms with Crippen molar-refractivity contribution in [3.8, 4) is 0 Å². The summed E-state index contributed by atoms with van der Waals surface area (Å²) < 4.78 is 11.7. The van der Waals surface area contributed by atoms with Crippen molar-refractivity contribution in [1.82, 2.24) is 9.80 Å². The molecule has 1 N–H and O–H groups in total. The first-order valence-electron chi connectivity index (χ1n) is 25.0. The summed E-state index contributed by atoms with van der Waals surface area (Å²) >= 11 is 1.70. The van der Waals surface area contributed by atoms with Crippen LogP contribution in [0.25, 0.3) is 0 Å². The second-order valence-corrected chi connectivity index (χ2v) is 18.7. The second-order valence-electron chi connectivity index (χ2n) is 17.5. The molecule has 3 atom stereocenters. The summed E-state index contributed by atoms with van der Waals surface area (Å²) in [7, 11) is 0. The monoisotopic (exact) mass is 825 g/mol. The summed E-state index contributed by atoms with van der Waals surface area (Å²) in [5.74, 6) is 1.56. The van der Waals surface area contributed by atoms with Gasteiger partial charge in [0.15, 0.2) is 0 Å². The number of unbranched alkanes of at least 4 members (excludes halogenated alkanes) is 19. The first-order chi connectivity index (χ1) is 27.9. The number of nitrogens with zero attached hydrogens (tertiary/aromatic N) is 2. The number of aliphatic hydroxyl groups excluding tert-OH is 1. The van der Waals surface area contributed by atoms with Gasteiger partial charge < -0.3 is 19.5 Å². The second kappa shape index (κ2) is 40.6. The highest BCUT2D eigenvalue weighted by molar-refractivity contribution is 7.99. The maximum atomic E-state index is 13.0. The number of hydrogen-bond acceptors (Lipinski definition) is 8. The van der Waals surface area contributed by atoms with Crippen LogP contribution in [0.2, 0.25) is 0 Å². The molecule has 57 heavy (non-hydrogen) atoms. The number of rotatable bonds is 43. The standard InChI is InChI=1S/C49H96N2O5S/c1-5-9-13-17-19-25-33-45(31-23-15-11-7-3)48(53)55-40-30-22-21-27-37-51(39-38-50-35-28-29-36-50)43-47(52)44-57-42-41-56-49(54)46(32-24-16-12-8-4)34-26-20-18-14-10-6-2/h45-47,52H,5-44H2,1-4H3. The Bertz CT molecular complexity index is 888. The molecule has 0 saturated carbocycles. The predicted octanol–water partition coefficient (Wildman–Crippen LogP) is 12.8. The molecule has 1 aliphatic rings. The minimum Gasteiger partial charge on any atom is -0.465 e. The molecule has 0 aromatic rings. The smallest absolute Gasteiger partial charge is 0.308 e. The molecule has 1 saturated heterocycles. The lowest BCUT2D eigenvalue weighted by Gasteiger charge is -2.27. The number of esters is 2. The molecule has 1 fully saturated rings. The highest BCUT2D eigenvalue weighted by atomic mass is 32.2. The van der Waals surface area contributed by atoms with E-state index in [2.05, 4.69) is 37.5 Å². The maximum absolute atomic E-state index is 13.0. The van der Waals surface area contributed by atoms with Gasteiger partial charge in [0.2, 0.25) is 0 Å². The fourth-order valence-corrected chi connectivity index (χ4v) is 9.04. The number of carbonyl (C=O) groups is 2. The molecule has 0 aliphatic carbocycles. The van der Waals surface area contributed by atoms with E-state index in [1.165, 1.54) is 129 Å². The molecule has 8 heteroatoms. The Morgan fingerprint density at radius 2 is 0.982 bits per heavy atom. The van der Waals surface area contributed by atoms with Gasteiger partial charge in [0.05, 0.1) is 24.5 Å². The van der Waals surface area contributed by atoms with Crippen LogP contribution in [0.1, 0.15) is 220 Å². The molecule has 0 radical (unpaired) electrons. The van der Waals surface area contributed by atoms with Crippen LogP contribution in [-0.4, -0.2) is 96.9 Å². The van der Waals surface area contributed by atoms with Crippen LogP contribution in [0.4, 0.5) is 0 Å². The molecule has 7 nitrogen and oxygen atoms in total. The van der Waals surface area contributed by atoms with Crippen molar-refractivity contribution in [3.05, 3.63) is 0 Å².